The van der Waals surface area contributed by atoms with Gasteiger partial charge in [0.15, 0.2) is 0 Å². The smallest absolute Gasteiger partial charge is 0.255 e. The topological polar surface area (TPSA) is 41.6 Å². The molecule has 0 aliphatic carbocycles. The van der Waals surface area contributed by atoms with E-state index in [2.05, 4.69) is 10.2 Å². The molecule has 26 heavy (non-hydrogen) atoms. The van der Waals surface area contributed by atoms with Crippen molar-refractivity contribution in [2.45, 2.75) is 12.8 Å². The molecule has 3 aromatic rings. The first kappa shape index (κ1) is 16.2. The van der Waals surface area contributed by atoms with E-state index in [9.17, 15) is 4.79 Å². The van der Waals surface area contributed by atoms with Crippen molar-refractivity contribution in [3.05, 3.63) is 95.6 Å². The van der Waals surface area contributed by atoms with Crippen molar-refractivity contribution in [2.75, 3.05) is 11.9 Å². The molecule has 0 unspecified atom stereocenters. The highest BCUT2D eigenvalue weighted by atomic mass is 16.5. The maximum atomic E-state index is 12.4. The number of para-hydroxylation sites is 1. The lowest BCUT2D eigenvalue weighted by molar-refractivity contribution is 0.0928. The molecular formula is C22H20N2O2. The summed E-state index contributed by atoms with van der Waals surface area (Å²) in [6.45, 7) is 0.514. The van der Waals surface area contributed by atoms with Crippen LogP contribution in [0.4, 0.5) is 5.69 Å². The van der Waals surface area contributed by atoms with E-state index in [0.29, 0.717) is 12.2 Å². The number of rotatable bonds is 4. The average molecular weight is 344 g/mol. The molecule has 0 spiro atoms. The maximum absolute atomic E-state index is 12.4. The summed E-state index contributed by atoms with van der Waals surface area (Å²) in [5, 5.41) is 3.07. The van der Waals surface area contributed by atoms with Gasteiger partial charge in [0, 0.05) is 7.05 Å². The normalized spacial score (nSPS) is 16.0. The Morgan fingerprint density at radius 1 is 0.962 bits per heavy atom. The van der Waals surface area contributed by atoms with E-state index < -0.39 is 0 Å². The summed E-state index contributed by atoms with van der Waals surface area (Å²) in [4.78, 5) is 14.5. The van der Waals surface area contributed by atoms with Gasteiger partial charge in [-0.3, -0.25) is 4.79 Å². The molecule has 4 heteroatoms. The Labute approximate surface area is 153 Å². The Kier molecular flexibility index (Phi) is 4.32. The number of hydrogen-bond acceptors (Lipinski definition) is 3. The summed E-state index contributed by atoms with van der Waals surface area (Å²) in [7, 11) is 1.99. The molecule has 0 saturated heterocycles. The third kappa shape index (κ3) is 3.14. The largest absolute Gasteiger partial charge is 0.489 e. The van der Waals surface area contributed by atoms with Crippen LogP contribution in [0.5, 0.6) is 5.75 Å². The van der Waals surface area contributed by atoms with Crippen LogP contribution in [0.2, 0.25) is 0 Å². The Morgan fingerprint density at radius 3 is 2.58 bits per heavy atom. The molecule has 0 bridgehead atoms. The zero-order valence-corrected chi connectivity index (χ0v) is 14.6. The van der Waals surface area contributed by atoms with Gasteiger partial charge in [-0.1, -0.05) is 54.6 Å². The minimum atomic E-state index is -0.224. The standard InChI is InChI=1S/C22H20N2O2/c1-24-20-13-6-5-12-19(20)22(25)23-21(24)17-10-7-11-18(14-17)26-15-16-8-3-2-4-9-16/h2-14,21H,15H2,1H3,(H,23,25)/t21-/m0/s1. The highest BCUT2D eigenvalue weighted by Crippen LogP contribution is 2.32. The van der Waals surface area contributed by atoms with Crippen LogP contribution >= 0.6 is 0 Å². The van der Waals surface area contributed by atoms with Crippen molar-refractivity contribution < 1.29 is 9.53 Å². The molecule has 130 valence electrons. The first-order valence-corrected chi connectivity index (χ1v) is 8.62. The van der Waals surface area contributed by atoms with Crippen LogP contribution in [0.1, 0.15) is 27.7 Å². The van der Waals surface area contributed by atoms with Crippen LogP contribution in [-0.2, 0) is 6.61 Å². The van der Waals surface area contributed by atoms with Gasteiger partial charge in [-0.15, -0.1) is 0 Å². The van der Waals surface area contributed by atoms with Gasteiger partial charge in [-0.2, -0.15) is 0 Å². The number of carbonyl (C=O) groups excluding carboxylic acids is 1. The molecule has 1 amide bonds. The zero-order valence-electron chi connectivity index (χ0n) is 14.6. The average Bonchev–Trinajstić information content (AvgIpc) is 2.70. The number of nitrogens with zero attached hydrogens (tertiary/aromatic N) is 1. The number of nitrogens with one attached hydrogen (secondary N) is 1. The summed E-state index contributed by atoms with van der Waals surface area (Å²) in [5.74, 6) is 0.729. The number of hydrogen-bond donors (Lipinski definition) is 1. The number of benzene rings is 3. The van der Waals surface area contributed by atoms with Crippen LogP contribution < -0.4 is 15.0 Å². The van der Waals surface area contributed by atoms with E-state index in [1.807, 2.05) is 85.9 Å². The van der Waals surface area contributed by atoms with E-state index in [4.69, 9.17) is 4.74 Å². The second kappa shape index (κ2) is 6.92. The molecule has 1 aliphatic heterocycles. The van der Waals surface area contributed by atoms with Gasteiger partial charge in [0.2, 0.25) is 0 Å². The molecule has 3 aromatic carbocycles. The van der Waals surface area contributed by atoms with Crippen molar-refractivity contribution in [3.8, 4) is 5.75 Å². The molecular weight excluding hydrogens is 324 g/mol. The summed E-state index contributed by atoms with van der Waals surface area (Å²) in [6, 6.07) is 25.6. The fraction of sp³-hybridized carbons (Fsp3) is 0.136. The number of ether oxygens (including phenoxy) is 1. The maximum Gasteiger partial charge on any atom is 0.255 e. The van der Waals surface area contributed by atoms with E-state index >= 15 is 0 Å². The Balaban J connectivity index is 1.56. The molecule has 0 saturated carbocycles. The molecule has 4 nitrogen and oxygen atoms in total. The predicted octanol–water partition coefficient (Wildman–Crippen LogP) is 4.14. The van der Waals surface area contributed by atoms with E-state index in [1.165, 1.54) is 0 Å². The summed E-state index contributed by atoms with van der Waals surface area (Å²) in [5.41, 5.74) is 3.73. The van der Waals surface area contributed by atoms with Crippen molar-refractivity contribution in [3.63, 3.8) is 0 Å². The van der Waals surface area contributed by atoms with Crippen molar-refractivity contribution >= 4 is 11.6 Å². The lowest BCUT2D eigenvalue weighted by Crippen LogP contribution is -2.44. The molecule has 1 aliphatic rings. The first-order valence-electron chi connectivity index (χ1n) is 8.62. The highest BCUT2D eigenvalue weighted by Gasteiger charge is 2.29. The van der Waals surface area contributed by atoms with E-state index in [1.54, 1.807) is 0 Å². The van der Waals surface area contributed by atoms with Gasteiger partial charge >= 0.3 is 0 Å². The van der Waals surface area contributed by atoms with E-state index in [0.717, 1.165) is 22.6 Å². The number of carbonyl (C=O) groups is 1. The monoisotopic (exact) mass is 344 g/mol. The second-order valence-corrected chi connectivity index (χ2v) is 6.35. The van der Waals surface area contributed by atoms with Crippen LogP contribution in [0.15, 0.2) is 78.9 Å². The number of amides is 1. The lowest BCUT2D eigenvalue weighted by Gasteiger charge is -2.36. The van der Waals surface area contributed by atoms with Gasteiger partial charge in [0.05, 0.1) is 11.3 Å². The van der Waals surface area contributed by atoms with Gasteiger partial charge in [0.25, 0.3) is 5.91 Å². The minimum Gasteiger partial charge on any atom is -0.489 e. The van der Waals surface area contributed by atoms with E-state index in [-0.39, 0.29) is 12.1 Å². The minimum absolute atomic E-state index is 0.0562. The molecule has 4 rings (SSSR count). The van der Waals surface area contributed by atoms with Gasteiger partial charge in [-0.05, 0) is 35.4 Å². The fourth-order valence-electron chi connectivity index (χ4n) is 3.23. The molecule has 0 aromatic heterocycles. The molecule has 0 fully saturated rings. The Morgan fingerprint density at radius 2 is 1.73 bits per heavy atom. The molecule has 0 radical (unpaired) electrons. The van der Waals surface area contributed by atoms with Crippen LogP contribution in [-0.4, -0.2) is 13.0 Å². The zero-order chi connectivity index (χ0) is 17.9. The molecule has 1 N–H and O–H groups in total. The first-order chi connectivity index (χ1) is 12.7. The third-order valence-electron chi connectivity index (χ3n) is 4.61. The molecule has 1 heterocycles. The lowest BCUT2D eigenvalue weighted by atomic mass is 10.0. The van der Waals surface area contributed by atoms with Crippen LogP contribution in [0.3, 0.4) is 0 Å². The van der Waals surface area contributed by atoms with Gasteiger partial charge in [0.1, 0.15) is 18.5 Å². The Hall–Kier alpha value is -3.27. The fourth-order valence-corrected chi connectivity index (χ4v) is 3.23. The SMILES string of the molecule is CN1c2ccccc2C(=O)N[C@@H]1c1cccc(OCc2ccccc2)c1. The second-order valence-electron chi connectivity index (χ2n) is 6.35. The summed E-state index contributed by atoms with van der Waals surface area (Å²) >= 11 is 0. The number of anilines is 1. The van der Waals surface area contributed by atoms with Crippen LogP contribution in [0.25, 0.3) is 0 Å². The summed E-state index contributed by atoms with van der Waals surface area (Å²) < 4.78 is 5.92. The van der Waals surface area contributed by atoms with Crippen molar-refractivity contribution in [1.82, 2.24) is 5.32 Å². The predicted molar refractivity (Wildman–Crippen MR) is 102 cm³/mol. The van der Waals surface area contributed by atoms with Crippen LogP contribution in [0, 0.1) is 0 Å². The molecule has 1 atom stereocenters. The summed E-state index contributed by atoms with van der Waals surface area (Å²) in [6.07, 6.45) is -0.224. The van der Waals surface area contributed by atoms with Gasteiger partial charge in [-0.25, -0.2) is 0 Å². The quantitative estimate of drug-likeness (QED) is 0.773. The van der Waals surface area contributed by atoms with Gasteiger partial charge < -0.3 is 15.0 Å². The third-order valence-corrected chi connectivity index (χ3v) is 4.61. The Bertz CT molecular complexity index is 924. The van der Waals surface area contributed by atoms with Crippen molar-refractivity contribution in [1.29, 1.82) is 0 Å². The highest BCUT2D eigenvalue weighted by molar-refractivity contribution is 6.01. The number of fused-ring (bicyclic) bond motifs is 1. The van der Waals surface area contributed by atoms with Crippen molar-refractivity contribution in [2.24, 2.45) is 0 Å².